The lowest BCUT2D eigenvalue weighted by Crippen LogP contribution is -2.07. The third-order valence-electron chi connectivity index (χ3n) is 3.63. The molecular formula is C19H27Br2ClO2. The first-order valence-electron chi connectivity index (χ1n) is 8.37. The molecular weight excluding hydrogens is 455 g/mol. The van der Waals surface area contributed by atoms with E-state index >= 15 is 0 Å². The van der Waals surface area contributed by atoms with Crippen molar-refractivity contribution >= 4 is 43.5 Å². The third kappa shape index (κ3) is 7.37. The predicted molar refractivity (Wildman–Crippen MR) is 112 cm³/mol. The minimum atomic E-state index is 0.368. The fourth-order valence-corrected chi connectivity index (χ4v) is 2.78. The topological polar surface area (TPSA) is 18.5 Å². The summed E-state index contributed by atoms with van der Waals surface area (Å²) in [6.45, 7) is 9.95. The highest BCUT2D eigenvalue weighted by atomic mass is 79.9. The van der Waals surface area contributed by atoms with E-state index in [0.29, 0.717) is 30.9 Å². The highest BCUT2D eigenvalue weighted by Gasteiger charge is 2.18. The zero-order valence-electron chi connectivity index (χ0n) is 14.9. The summed E-state index contributed by atoms with van der Waals surface area (Å²) >= 11 is 12.4. The molecule has 0 amide bonds. The first-order chi connectivity index (χ1) is 11.4. The Morgan fingerprint density at radius 1 is 1.04 bits per heavy atom. The lowest BCUT2D eigenvalue weighted by molar-refractivity contribution is 0.299. The lowest BCUT2D eigenvalue weighted by Gasteiger charge is -2.21. The summed E-state index contributed by atoms with van der Waals surface area (Å²) in [5, 5.41) is 0. The molecule has 0 heterocycles. The van der Waals surface area contributed by atoms with Gasteiger partial charge in [0.1, 0.15) is 18.1 Å². The second-order valence-corrected chi connectivity index (χ2v) is 9.44. The van der Waals surface area contributed by atoms with E-state index in [9.17, 15) is 0 Å². The molecule has 0 aliphatic heterocycles. The van der Waals surface area contributed by atoms with Crippen molar-refractivity contribution in [2.75, 3.05) is 19.1 Å². The van der Waals surface area contributed by atoms with Gasteiger partial charge in [-0.25, -0.2) is 0 Å². The highest BCUT2D eigenvalue weighted by Crippen LogP contribution is 2.38. The minimum absolute atomic E-state index is 0.368. The first kappa shape index (κ1) is 21.9. The van der Waals surface area contributed by atoms with Crippen molar-refractivity contribution in [3.63, 3.8) is 0 Å². The minimum Gasteiger partial charge on any atom is -0.493 e. The number of hydrogen-bond donors (Lipinski definition) is 0. The second kappa shape index (κ2) is 11.4. The molecule has 0 fully saturated rings. The van der Waals surface area contributed by atoms with E-state index < -0.39 is 0 Å². The van der Waals surface area contributed by atoms with Crippen molar-refractivity contribution in [3.05, 3.63) is 32.7 Å². The Morgan fingerprint density at radius 2 is 1.62 bits per heavy atom. The van der Waals surface area contributed by atoms with Crippen LogP contribution in [0.15, 0.2) is 21.6 Å². The van der Waals surface area contributed by atoms with Gasteiger partial charge in [0.2, 0.25) is 0 Å². The van der Waals surface area contributed by atoms with Gasteiger partial charge in [0.05, 0.1) is 10.00 Å². The third-order valence-corrected chi connectivity index (χ3v) is 4.54. The van der Waals surface area contributed by atoms with Crippen LogP contribution in [0, 0.1) is 0 Å². The van der Waals surface area contributed by atoms with Gasteiger partial charge in [-0.15, -0.1) is 11.6 Å². The van der Waals surface area contributed by atoms with E-state index in [1.54, 1.807) is 0 Å². The largest absolute Gasteiger partial charge is 0.493 e. The van der Waals surface area contributed by atoms with E-state index in [-0.39, 0.29) is 0 Å². The molecule has 1 aromatic rings. The van der Waals surface area contributed by atoms with E-state index in [1.165, 1.54) is 11.1 Å². The summed E-state index contributed by atoms with van der Waals surface area (Å²) in [4.78, 5) is 0. The maximum Gasteiger partial charge on any atom is 0.126 e. The zero-order chi connectivity index (χ0) is 18.1. The molecule has 136 valence electrons. The maximum absolute atomic E-state index is 6.15. The maximum atomic E-state index is 6.15. The van der Waals surface area contributed by atoms with Crippen molar-refractivity contribution < 1.29 is 9.47 Å². The number of hydrogen-bond acceptors (Lipinski definition) is 2. The van der Waals surface area contributed by atoms with Gasteiger partial charge in [-0.05, 0) is 74.7 Å². The summed E-state index contributed by atoms with van der Waals surface area (Å²) in [6, 6.07) is 4.20. The number of halogens is 3. The second-order valence-electron chi connectivity index (χ2n) is 6.29. The molecule has 0 aliphatic rings. The number of benzene rings is 1. The van der Waals surface area contributed by atoms with Crippen LogP contribution in [-0.2, 0) is 0 Å². The smallest absolute Gasteiger partial charge is 0.126 e. The van der Waals surface area contributed by atoms with Crippen LogP contribution < -0.4 is 9.47 Å². The molecule has 0 aliphatic carbocycles. The van der Waals surface area contributed by atoms with Crippen LogP contribution >= 0.6 is 43.5 Å². The monoisotopic (exact) mass is 480 g/mol. The molecule has 24 heavy (non-hydrogen) atoms. The molecule has 0 saturated carbocycles. The molecule has 0 N–H and O–H groups in total. The first-order valence-corrected chi connectivity index (χ1v) is 10.5. The molecule has 0 unspecified atom stereocenters. The van der Waals surface area contributed by atoms with Crippen LogP contribution in [0.25, 0.3) is 0 Å². The van der Waals surface area contributed by atoms with Gasteiger partial charge in [-0.1, -0.05) is 27.7 Å². The van der Waals surface area contributed by atoms with Gasteiger partial charge >= 0.3 is 0 Å². The zero-order valence-corrected chi connectivity index (χ0v) is 18.8. The molecule has 0 atom stereocenters. The standard InChI is InChI=1S/C19H27Br2ClO2/c1-13(2)16-11-15(23-10-7-18(20)21)12-17(14(3)4)19(16)24-9-6-5-8-22/h7,11-14H,5-6,8-10H2,1-4H3. The van der Waals surface area contributed by atoms with Gasteiger partial charge in [0.15, 0.2) is 0 Å². The number of ether oxygens (including phenoxy) is 2. The summed E-state index contributed by atoms with van der Waals surface area (Å²) in [7, 11) is 0. The van der Waals surface area contributed by atoms with E-state index in [2.05, 4.69) is 71.7 Å². The van der Waals surface area contributed by atoms with Crippen molar-refractivity contribution in [2.24, 2.45) is 0 Å². The lowest BCUT2D eigenvalue weighted by atomic mass is 9.93. The SMILES string of the molecule is CC(C)c1cc(OCC=C(Br)Br)cc(C(C)C)c1OCCCCCl. The van der Waals surface area contributed by atoms with Crippen LogP contribution in [0.4, 0.5) is 0 Å². The fourth-order valence-electron chi connectivity index (χ4n) is 2.33. The Kier molecular flexibility index (Phi) is 10.4. The van der Waals surface area contributed by atoms with Gasteiger partial charge in [-0.2, -0.15) is 0 Å². The number of rotatable bonds is 10. The molecule has 0 aromatic heterocycles. The Morgan fingerprint density at radius 3 is 2.08 bits per heavy atom. The van der Waals surface area contributed by atoms with E-state index in [4.69, 9.17) is 21.1 Å². The van der Waals surface area contributed by atoms with E-state index in [1.807, 2.05) is 6.08 Å². The average Bonchev–Trinajstić information content (AvgIpc) is 2.51. The van der Waals surface area contributed by atoms with Gasteiger partial charge < -0.3 is 9.47 Å². The normalized spacial score (nSPS) is 11.0. The molecule has 0 saturated heterocycles. The Bertz CT molecular complexity index is 509. The van der Waals surface area contributed by atoms with Gasteiger partial charge in [0, 0.05) is 17.0 Å². The van der Waals surface area contributed by atoms with Crippen molar-refractivity contribution in [2.45, 2.75) is 52.4 Å². The highest BCUT2D eigenvalue weighted by molar-refractivity contribution is 9.28. The van der Waals surface area contributed by atoms with Crippen molar-refractivity contribution in [1.29, 1.82) is 0 Å². The van der Waals surface area contributed by atoms with Crippen LogP contribution in [0.1, 0.15) is 63.5 Å². The summed E-state index contributed by atoms with van der Waals surface area (Å²) in [6.07, 6.45) is 3.88. The predicted octanol–water partition coefficient (Wildman–Crippen LogP) is 7.34. The molecule has 5 heteroatoms. The Balaban J connectivity index is 3.08. The molecule has 0 bridgehead atoms. The van der Waals surface area contributed by atoms with Crippen LogP contribution in [-0.4, -0.2) is 19.1 Å². The fraction of sp³-hybridized carbons (Fsp3) is 0.579. The summed E-state index contributed by atoms with van der Waals surface area (Å²) < 4.78 is 12.9. The molecule has 1 rings (SSSR count). The van der Waals surface area contributed by atoms with Crippen LogP contribution in [0.5, 0.6) is 11.5 Å². The van der Waals surface area contributed by atoms with Crippen molar-refractivity contribution in [3.8, 4) is 11.5 Å². The number of unbranched alkanes of at least 4 members (excludes halogenated alkanes) is 1. The van der Waals surface area contributed by atoms with Crippen LogP contribution in [0.3, 0.4) is 0 Å². The average molecular weight is 483 g/mol. The summed E-state index contributed by atoms with van der Waals surface area (Å²) in [5.74, 6) is 3.31. The Labute approximate surface area is 168 Å². The number of alkyl halides is 1. The van der Waals surface area contributed by atoms with E-state index in [0.717, 1.165) is 27.7 Å². The molecule has 0 spiro atoms. The van der Waals surface area contributed by atoms with Gasteiger partial charge in [0.25, 0.3) is 0 Å². The van der Waals surface area contributed by atoms with Crippen LogP contribution in [0.2, 0.25) is 0 Å². The quantitative estimate of drug-likeness (QED) is 0.257. The van der Waals surface area contributed by atoms with Crippen molar-refractivity contribution in [1.82, 2.24) is 0 Å². The Hall–Kier alpha value is -0.190. The molecule has 2 nitrogen and oxygen atoms in total. The molecule has 0 radical (unpaired) electrons. The molecule has 1 aromatic carbocycles. The van der Waals surface area contributed by atoms with Gasteiger partial charge in [-0.3, -0.25) is 0 Å². The summed E-state index contributed by atoms with van der Waals surface area (Å²) in [5.41, 5.74) is 2.40.